The molecule has 0 bridgehead atoms. The second-order valence-corrected chi connectivity index (χ2v) is 7.17. The van der Waals surface area contributed by atoms with Gasteiger partial charge in [-0.2, -0.15) is 0 Å². The molecule has 0 aromatic heterocycles. The summed E-state index contributed by atoms with van der Waals surface area (Å²) in [7, 11) is 0. The zero-order chi connectivity index (χ0) is 17.1. The third-order valence-electron chi connectivity index (χ3n) is 4.27. The molecule has 130 valence electrons. The van der Waals surface area contributed by atoms with Gasteiger partial charge in [-0.1, -0.05) is 12.1 Å². The molecule has 1 heterocycles. The highest BCUT2D eigenvalue weighted by Crippen LogP contribution is 2.18. The van der Waals surface area contributed by atoms with Gasteiger partial charge in [0.25, 0.3) is 5.91 Å². The summed E-state index contributed by atoms with van der Waals surface area (Å²) in [6, 6.07) is 8.30. The molecular weight excluding hydrogens is 322 g/mol. The van der Waals surface area contributed by atoms with E-state index in [2.05, 4.69) is 10.6 Å². The number of nitrogens with zero attached hydrogens (tertiary/aromatic N) is 1. The van der Waals surface area contributed by atoms with Crippen LogP contribution in [0.5, 0.6) is 0 Å². The number of hydrogen-bond donors (Lipinski definition) is 2. The molecule has 0 radical (unpaired) electrons. The van der Waals surface area contributed by atoms with Crippen LogP contribution in [0, 0.1) is 0 Å². The minimum Gasteiger partial charge on any atom is -0.372 e. The fraction of sp³-hybridized carbons (Fsp3) is 0.556. The smallest absolute Gasteiger partial charge is 0.254 e. The molecule has 2 N–H and O–H groups in total. The van der Waals surface area contributed by atoms with E-state index in [1.54, 1.807) is 0 Å². The molecule has 3 rings (SSSR count). The number of nitrogens with one attached hydrogen (secondary N) is 2. The maximum Gasteiger partial charge on any atom is 0.254 e. The van der Waals surface area contributed by atoms with Crippen molar-refractivity contribution in [2.75, 3.05) is 13.1 Å². The lowest BCUT2D eigenvalue weighted by Crippen LogP contribution is -2.48. The number of carbonyl (C=O) groups excluding carboxylic acids is 1. The van der Waals surface area contributed by atoms with E-state index in [9.17, 15) is 4.79 Å². The zero-order valence-electron chi connectivity index (χ0n) is 14.2. The average Bonchev–Trinajstić information content (AvgIpc) is 3.36. The Hall–Kier alpha value is -1.66. The fourth-order valence-corrected chi connectivity index (χ4v) is 3.18. The van der Waals surface area contributed by atoms with Crippen molar-refractivity contribution in [2.24, 2.45) is 0 Å². The largest absolute Gasteiger partial charge is 0.372 e. The van der Waals surface area contributed by atoms with Crippen LogP contribution in [0.4, 0.5) is 0 Å². The summed E-state index contributed by atoms with van der Waals surface area (Å²) in [5.41, 5.74) is 1.83. The third-order valence-corrected chi connectivity index (χ3v) is 4.54. The number of ether oxygens (including phenoxy) is 1. The summed E-state index contributed by atoms with van der Waals surface area (Å²) in [5, 5.41) is 7.16. The zero-order valence-corrected chi connectivity index (χ0v) is 15.1. The summed E-state index contributed by atoms with van der Waals surface area (Å²) < 4.78 is 5.69. The van der Waals surface area contributed by atoms with Gasteiger partial charge >= 0.3 is 0 Å². The van der Waals surface area contributed by atoms with Crippen LogP contribution >= 0.6 is 12.2 Å². The Kier molecular flexibility index (Phi) is 5.36. The first-order valence-corrected chi connectivity index (χ1v) is 9.00. The van der Waals surface area contributed by atoms with Gasteiger partial charge in [-0.15, -0.1) is 0 Å². The van der Waals surface area contributed by atoms with E-state index in [0.29, 0.717) is 30.8 Å². The van der Waals surface area contributed by atoms with E-state index in [-0.39, 0.29) is 18.1 Å². The van der Waals surface area contributed by atoms with Gasteiger partial charge in [0.1, 0.15) is 0 Å². The Morgan fingerprint density at radius 1 is 1.21 bits per heavy atom. The summed E-state index contributed by atoms with van der Waals surface area (Å²) in [6.07, 6.45) is 2.58. The molecule has 2 aliphatic rings. The molecule has 0 spiro atoms. The number of thiocarbonyl (C=S) groups is 1. The van der Waals surface area contributed by atoms with Gasteiger partial charge in [0, 0.05) is 31.2 Å². The molecule has 24 heavy (non-hydrogen) atoms. The first kappa shape index (κ1) is 17.2. The molecule has 2 unspecified atom stereocenters. The minimum absolute atomic E-state index is 0.0717. The molecule has 2 fully saturated rings. The average molecular weight is 347 g/mol. The monoisotopic (exact) mass is 347 g/mol. The van der Waals surface area contributed by atoms with Crippen LogP contribution in [0.3, 0.4) is 0 Å². The third kappa shape index (κ3) is 4.68. The summed E-state index contributed by atoms with van der Waals surface area (Å²) in [6.45, 7) is 5.96. The van der Waals surface area contributed by atoms with E-state index in [4.69, 9.17) is 17.0 Å². The quantitative estimate of drug-likeness (QED) is 0.817. The van der Waals surface area contributed by atoms with E-state index in [1.807, 2.05) is 43.0 Å². The van der Waals surface area contributed by atoms with Gasteiger partial charge < -0.3 is 20.3 Å². The highest BCUT2D eigenvalue weighted by Gasteiger charge is 2.26. The Balaban J connectivity index is 1.53. The van der Waals surface area contributed by atoms with Crippen molar-refractivity contribution in [1.29, 1.82) is 0 Å². The first-order chi connectivity index (χ1) is 11.5. The van der Waals surface area contributed by atoms with Crippen molar-refractivity contribution in [3.05, 3.63) is 35.4 Å². The van der Waals surface area contributed by atoms with Crippen molar-refractivity contribution in [3.63, 3.8) is 0 Å². The molecule has 2 atom stereocenters. The second kappa shape index (κ2) is 7.49. The first-order valence-electron chi connectivity index (χ1n) is 8.59. The molecule has 1 amide bonds. The van der Waals surface area contributed by atoms with E-state index < -0.39 is 0 Å². The second-order valence-electron chi connectivity index (χ2n) is 6.77. The SMILES string of the molecule is CC1CN(C(=O)c2ccc(CNC(=S)NC3CC3)cc2)CC(C)O1. The molecule has 1 aromatic rings. The fourth-order valence-electron chi connectivity index (χ4n) is 2.94. The predicted octanol–water partition coefficient (Wildman–Crippen LogP) is 2.06. The predicted molar refractivity (Wildman–Crippen MR) is 97.9 cm³/mol. The molecule has 1 aromatic carbocycles. The highest BCUT2D eigenvalue weighted by molar-refractivity contribution is 7.80. The number of amides is 1. The van der Waals surface area contributed by atoms with E-state index in [1.165, 1.54) is 12.8 Å². The summed E-state index contributed by atoms with van der Waals surface area (Å²) in [4.78, 5) is 14.5. The maximum atomic E-state index is 12.6. The topological polar surface area (TPSA) is 53.6 Å². The molecule has 1 saturated heterocycles. The number of carbonyl (C=O) groups is 1. The van der Waals surface area contributed by atoms with Gasteiger partial charge in [-0.05, 0) is 56.6 Å². The van der Waals surface area contributed by atoms with E-state index in [0.717, 1.165) is 11.1 Å². The minimum atomic E-state index is 0.0717. The Labute approximate surface area is 148 Å². The standard InChI is InChI=1S/C18H25N3O2S/c1-12-10-21(11-13(2)23-12)17(22)15-5-3-14(4-6-15)9-19-18(24)20-16-7-8-16/h3-6,12-13,16H,7-11H2,1-2H3,(H2,19,20,24). The molecule has 5 nitrogen and oxygen atoms in total. The number of morpholine rings is 1. The van der Waals surface area contributed by atoms with Crippen LogP contribution in [0.25, 0.3) is 0 Å². The van der Waals surface area contributed by atoms with Crippen LogP contribution in [0.1, 0.15) is 42.6 Å². The van der Waals surface area contributed by atoms with Crippen molar-refractivity contribution in [3.8, 4) is 0 Å². The maximum absolute atomic E-state index is 12.6. The van der Waals surface area contributed by atoms with Gasteiger partial charge in [0.2, 0.25) is 0 Å². The van der Waals surface area contributed by atoms with Crippen LogP contribution in [-0.4, -0.2) is 47.3 Å². The van der Waals surface area contributed by atoms with Crippen molar-refractivity contribution < 1.29 is 9.53 Å². The lowest BCUT2D eigenvalue weighted by atomic mass is 10.1. The van der Waals surface area contributed by atoms with E-state index >= 15 is 0 Å². The lowest BCUT2D eigenvalue weighted by molar-refractivity contribution is -0.0586. The number of benzene rings is 1. The van der Waals surface area contributed by atoms with Crippen LogP contribution in [0.2, 0.25) is 0 Å². The van der Waals surface area contributed by atoms with Crippen LogP contribution in [-0.2, 0) is 11.3 Å². The normalized spacial score (nSPS) is 23.7. The molecule has 6 heteroatoms. The Morgan fingerprint density at radius 2 is 1.83 bits per heavy atom. The summed E-state index contributed by atoms with van der Waals surface area (Å²) in [5.74, 6) is 0.0717. The Bertz CT molecular complexity index is 591. The molecule has 1 saturated carbocycles. The van der Waals surface area contributed by atoms with Gasteiger partial charge in [-0.3, -0.25) is 4.79 Å². The highest BCUT2D eigenvalue weighted by atomic mass is 32.1. The van der Waals surface area contributed by atoms with Crippen molar-refractivity contribution in [1.82, 2.24) is 15.5 Å². The van der Waals surface area contributed by atoms with Crippen LogP contribution < -0.4 is 10.6 Å². The Morgan fingerprint density at radius 3 is 2.42 bits per heavy atom. The van der Waals surface area contributed by atoms with Crippen molar-refractivity contribution in [2.45, 2.75) is 51.5 Å². The van der Waals surface area contributed by atoms with Gasteiger partial charge in [0.05, 0.1) is 12.2 Å². The summed E-state index contributed by atoms with van der Waals surface area (Å²) >= 11 is 5.25. The van der Waals surface area contributed by atoms with Crippen molar-refractivity contribution >= 4 is 23.2 Å². The molecular formula is C18H25N3O2S. The molecule has 1 aliphatic carbocycles. The van der Waals surface area contributed by atoms with Gasteiger partial charge in [-0.25, -0.2) is 0 Å². The molecule has 1 aliphatic heterocycles. The number of hydrogen-bond acceptors (Lipinski definition) is 3. The van der Waals surface area contributed by atoms with Gasteiger partial charge in [0.15, 0.2) is 5.11 Å². The lowest BCUT2D eigenvalue weighted by Gasteiger charge is -2.35. The van der Waals surface area contributed by atoms with Crippen LogP contribution in [0.15, 0.2) is 24.3 Å². The number of rotatable bonds is 4.